The monoisotopic (exact) mass is 446 g/mol. The number of fused-ring (bicyclic) bond motifs is 2. The molecule has 0 spiro atoms. The van der Waals surface area contributed by atoms with Crippen LogP contribution in [0, 0.1) is 0 Å². The summed E-state index contributed by atoms with van der Waals surface area (Å²) in [6, 6.07) is 28.1. The molecule has 31 heavy (non-hydrogen) atoms. The van der Waals surface area contributed by atoms with Crippen LogP contribution in [0.15, 0.2) is 84.9 Å². The molecule has 0 saturated heterocycles. The number of ether oxygens (including phenoxy) is 1. The smallest absolute Gasteiger partial charge is 0.142 e. The van der Waals surface area contributed by atoms with Crippen molar-refractivity contribution in [3.63, 3.8) is 0 Å². The zero-order valence-corrected chi connectivity index (χ0v) is 18.3. The van der Waals surface area contributed by atoms with E-state index in [0.29, 0.717) is 16.7 Å². The van der Waals surface area contributed by atoms with Crippen LogP contribution in [0.2, 0.25) is 10.0 Å². The molecule has 5 heteroatoms. The predicted molar refractivity (Wildman–Crippen MR) is 129 cm³/mol. The highest BCUT2D eigenvalue weighted by molar-refractivity contribution is 6.36. The second kappa shape index (κ2) is 8.62. The number of halogens is 2. The first-order chi connectivity index (χ1) is 15.2. The molecule has 154 valence electrons. The Bertz CT molecular complexity index is 1370. The number of nitrogens with zero attached hydrogens (tertiary/aromatic N) is 2. The third kappa shape index (κ3) is 3.99. The molecule has 1 heterocycles. The lowest BCUT2D eigenvalue weighted by atomic mass is 10.1. The van der Waals surface area contributed by atoms with Gasteiger partial charge in [0, 0.05) is 22.5 Å². The van der Waals surface area contributed by atoms with Gasteiger partial charge in [-0.3, -0.25) is 0 Å². The van der Waals surface area contributed by atoms with Crippen molar-refractivity contribution < 1.29 is 4.74 Å². The van der Waals surface area contributed by atoms with Crippen molar-refractivity contribution in [3.8, 4) is 17.1 Å². The van der Waals surface area contributed by atoms with Gasteiger partial charge >= 0.3 is 0 Å². The van der Waals surface area contributed by atoms with Gasteiger partial charge < -0.3 is 9.30 Å². The summed E-state index contributed by atoms with van der Waals surface area (Å²) in [5, 5.41) is 3.52. The van der Waals surface area contributed by atoms with Crippen LogP contribution in [-0.2, 0) is 6.54 Å². The lowest BCUT2D eigenvalue weighted by Gasteiger charge is -2.12. The highest BCUT2D eigenvalue weighted by atomic mass is 35.5. The fraction of sp³-hybridized carbons (Fsp3) is 0.115. The minimum absolute atomic E-state index is 0.594. The van der Waals surface area contributed by atoms with Gasteiger partial charge in [-0.25, -0.2) is 4.98 Å². The van der Waals surface area contributed by atoms with Gasteiger partial charge in [0.2, 0.25) is 0 Å². The highest BCUT2D eigenvalue weighted by Gasteiger charge is 2.15. The van der Waals surface area contributed by atoms with E-state index in [9.17, 15) is 0 Å². The Balaban J connectivity index is 1.40. The van der Waals surface area contributed by atoms with Crippen molar-refractivity contribution in [2.75, 3.05) is 6.61 Å². The average Bonchev–Trinajstić information content (AvgIpc) is 3.15. The van der Waals surface area contributed by atoms with Gasteiger partial charge in [-0.15, -0.1) is 0 Å². The van der Waals surface area contributed by atoms with E-state index >= 15 is 0 Å². The van der Waals surface area contributed by atoms with E-state index in [1.165, 1.54) is 5.39 Å². The predicted octanol–water partition coefficient (Wildman–Crippen LogP) is 7.63. The van der Waals surface area contributed by atoms with Gasteiger partial charge in [0.15, 0.2) is 0 Å². The first kappa shape index (κ1) is 19.9. The molecule has 0 radical (unpaired) electrons. The number of imidazole rings is 1. The number of hydrogen-bond donors (Lipinski definition) is 0. The van der Waals surface area contributed by atoms with Gasteiger partial charge in [0.1, 0.15) is 11.6 Å². The molecule has 0 aliphatic heterocycles. The highest BCUT2D eigenvalue weighted by Crippen LogP contribution is 2.32. The number of benzene rings is 4. The van der Waals surface area contributed by atoms with E-state index < -0.39 is 0 Å². The van der Waals surface area contributed by atoms with Gasteiger partial charge in [0.05, 0.1) is 22.7 Å². The normalized spacial score (nSPS) is 11.3. The summed E-state index contributed by atoms with van der Waals surface area (Å²) in [5.41, 5.74) is 2.89. The number of hydrogen-bond acceptors (Lipinski definition) is 2. The zero-order chi connectivity index (χ0) is 21.2. The molecule has 0 N–H and O–H groups in total. The topological polar surface area (TPSA) is 27.1 Å². The van der Waals surface area contributed by atoms with E-state index in [1.807, 2.05) is 54.6 Å². The average molecular weight is 447 g/mol. The largest absolute Gasteiger partial charge is 0.493 e. The van der Waals surface area contributed by atoms with Gasteiger partial charge in [-0.05, 0) is 48.2 Å². The van der Waals surface area contributed by atoms with Crippen LogP contribution in [0.1, 0.15) is 6.42 Å². The summed E-state index contributed by atoms with van der Waals surface area (Å²) in [5.74, 6) is 1.75. The van der Waals surface area contributed by atoms with Crippen molar-refractivity contribution in [1.82, 2.24) is 9.55 Å². The van der Waals surface area contributed by atoms with Crippen LogP contribution in [0.5, 0.6) is 5.75 Å². The maximum Gasteiger partial charge on any atom is 0.142 e. The second-order valence-electron chi connectivity index (χ2n) is 7.38. The summed E-state index contributed by atoms with van der Waals surface area (Å²) in [7, 11) is 0. The Morgan fingerprint density at radius 3 is 2.55 bits per heavy atom. The maximum atomic E-state index is 6.50. The van der Waals surface area contributed by atoms with E-state index in [2.05, 4.69) is 28.8 Å². The van der Waals surface area contributed by atoms with E-state index in [4.69, 9.17) is 32.9 Å². The van der Waals surface area contributed by atoms with E-state index in [0.717, 1.165) is 46.5 Å². The van der Waals surface area contributed by atoms with Crippen LogP contribution in [0.3, 0.4) is 0 Å². The van der Waals surface area contributed by atoms with Crippen molar-refractivity contribution in [2.24, 2.45) is 0 Å². The molecule has 0 aliphatic rings. The Labute approximate surface area is 190 Å². The zero-order valence-electron chi connectivity index (χ0n) is 16.8. The first-order valence-corrected chi connectivity index (χ1v) is 11.0. The minimum Gasteiger partial charge on any atom is -0.493 e. The second-order valence-corrected chi connectivity index (χ2v) is 8.22. The number of rotatable bonds is 6. The molecule has 3 nitrogen and oxygen atoms in total. The lowest BCUT2D eigenvalue weighted by molar-refractivity contribution is 0.306. The third-order valence-electron chi connectivity index (χ3n) is 5.36. The summed E-state index contributed by atoms with van der Waals surface area (Å²) in [6.45, 7) is 1.37. The molecule has 0 unspecified atom stereocenters. The molecule has 1 aromatic heterocycles. The van der Waals surface area contributed by atoms with Crippen molar-refractivity contribution in [1.29, 1.82) is 0 Å². The lowest BCUT2D eigenvalue weighted by Crippen LogP contribution is -2.06. The summed E-state index contributed by atoms with van der Waals surface area (Å²) in [4.78, 5) is 4.85. The number of para-hydroxylation sites is 2. The minimum atomic E-state index is 0.594. The molecular weight excluding hydrogens is 427 g/mol. The van der Waals surface area contributed by atoms with Crippen LogP contribution in [-0.4, -0.2) is 16.2 Å². The van der Waals surface area contributed by atoms with Crippen molar-refractivity contribution >= 4 is 45.0 Å². The van der Waals surface area contributed by atoms with Crippen LogP contribution < -0.4 is 4.74 Å². The molecule has 0 amide bonds. The van der Waals surface area contributed by atoms with Crippen LogP contribution in [0.25, 0.3) is 33.2 Å². The Kier molecular flexibility index (Phi) is 5.54. The van der Waals surface area contributed by atoms with Crippen molar-refractivity contribution in [3.05, 3.63) is 95.0 Å². The molecule has 0 saturated carbocycles. The Morgan fingerprint density at radius 1 is 0.839 bits per heavy atom. The van der Waals surface area contributed by atoms with E-state index in [1.54, 1.807) is 6.07 Å². The fourth-order valence-electron chi connectivity index (χ4n) is 3.90. The molecule has 0 bridgehead atoms. The molecule has 0 aliphatic carbocycles. The van der Waals surface area contributed by atoms with Crippen LogP contribution in [0.4, 0.5) is 0 Å². The third-order valence-corrected chi connectivity index (χ3v) is 5.91. The maximum absolute atomic E-state index is 6.50. The Hall–Kier alpha value is -3.01. The fourth-order valence-corrected chi connectivity index (χ4v) is 4.40. The van der Waals surface area contributed by atoms with Crippen LogP contribution >= 0.6 is 23.2 Å². The molecular formula is C26H20Cl2N2O. The summed E-state index contributed by atoms with van der Waals surface area (Å²) >= 11 is 12.6. The van der Waals surface area contributed by atoms with E-state index in [-0.39, 0.29) is 0 Å². The SMILES string of the molecule is Clc1ccc(-c2nc3ccccc3n2CCCOc2cccc3ccccc23)c(Cl)c1. The molecule has 5 aromatic rings. The van der Waals surface area contributed by atoms with Gasteiger partial charge in [-0.2, -0.15) is 0 Å². The quantitative estimate of drug-likeness (QED) is 0.250. The summed E-state index contributed by atoms with van der Waals surface area (Å²) in [6.07, 6.45) is 0.835. The molecule has 4 aromatic carbocycles. The first-order valence-electron chi connectivity index (χ1n) is 10.2. The van der Waals surface area contributed by atoms with Crippen molar-refractivity contribution in [2.45, 2.75) is 13.0 Å². The number of aromatic nitrogens is 2. The molecule has 5 rings (SSSR count). The molecule has 0 fully saturated rings. The Morgan fingerprint density at radius 2 is 1.65 bits per heavy atom. The van der Waals surface area contributed by atoms with Gasteiger partial charge in [0.25, 0.3) is 0 Å². The standard InChI is InChI=1S/C26H20Cl2N2O/c27-19-13-14-21(22(28)17-19)26-29-23-10-3-4-11-24(23)30(26)15-6-16-31-25-12-5-8-18-7-1-2-9-20(18)25/h1-5,7-14,17H,6,15-16H2. The molecule has 0 atom stereocenters. The number of aryl methyl sites for hydroxylation is 1. The summed E-state index contributed by atoms with van der Waals surface area (Å²) < 4.78 is 8.34. The van der Waals surface area contributed by atoms with Gasteiger partial charge in [-0.1, -0.05) is 71.7 Å².